The largest absolute Gasteiger partial charge is 0.0776 e. The smallest absolute Gasteiger partial charge is 0.0175 e. The number of allylic oxidation sites excluding steroid dienone is 2. The molecular weight excluding hydrogens is 156 g/mol. The first kappa shape index (κ1) is 10.8. The molecule has 0 heteroatoms. The summed E-state index contributed by atoms with van der Waals surface area (Å²) in [5.41, 5.74) is 3.43. The number of hydrogen-bond acceptors (Lipinski definition) is 0. The Balaban J connectivity index is 0.000000845. The lowest BCUT2D eigenvalue weighted by molar-refractivity contribution is 0.241. The lowest BCUT2D eigenvalue weighted by atomic mass is 9.69. The van der Waals surface area contributed by atoms with Crippen LogP contribution in [0.2, 0.25) is 0 Å². The van der Waals surface area contributed by atoms with Gasteiger partial charge in [-0.2, -0.15) is 0 Å². The van der Waals surface area contributed by atoms with Crippen molar-refractivity contribution < 1.29 is 0 Å². The summed E-state index contributed by atoms with van der Waals surface area (Å²) in [5, 5.41) is 0. The van der Waals surface area contributed by atoms with Crippen molar-refractivity contribution in [2.75, 3.05) is 0 Å². The van der Waals surface area contributed by atoms with Crippen LogP contribution in [0.5, 0.6) is 0 Å². The van der Waals surface area contributed by atoms with Crippen molar-refractivity contribution in [3.05, 3.63) is 11.1 Å². The number of rotatable bonds is 0. The van der Waals surface area contributed by atoms with E-state index < -0.39 is 0 Å². The zero-order valence-electron chi connectivity index (χ0n) is 8.40. The second kappa shape index (κ2) is 4.30. The van der Waals surface area contributed by atoms with Crippen molar-refractivity contribution in [1.29, 1.82) is 0 Å². The third-order valence-electron chi connectivity index (χ3n) is 4.03. The molecule has 2 atom stereocenters. The van der Waals surface area contributed by atoms with Crippen molar-refractivity contribution in [1.82, 2.24) is 0 Å². The van der Waals surface area contributed by atoms with E-state index in [9.17, 15) is 0 Å². The van der Waals surface area contributed by atoms with Crippen LogP contribution in [0, 0.1) is 11.8 Å². The van der Waals surface area contributed by atoms with Gasteiger partial charge in [-0.15, -0.1) is 0 Å². The highest BCUT2D eigenvalue weighted by Gasteiger charge is 2.29. The summed E-state index contributed by atoms with van der Waals surface area (Å²) in [6, 6.07) is 0. The molecule has 2 aliphatic rings. The molecule has 13 heavy (non-hydrogen) atoms. The Kier molecular flexibility index (Phi) is 3.58. The fourth-order valence-corrected chi connectivity index (χ4v) is 3.04. The Labute approximate surface area is 83.4 Å². The molecule has 0 saturated heterocycles. The fraction of sp³-hybridized carbons (Fsp3) is 0.846. The first-order valence-electron chi connectivity index (χ1n) is 5.45. The highest BCUT2D eigenvalue weighted by atomic mass is 14.3. The quantitative estimate of drug-likeness (QED) is 0.479. The van der Waals surface area contributed by atoms with Gasteiger partial charge in [0.25, 0.3) is 0 Å². The maximum atomic E-state index is 2.37. The normalized spacial score (nSPS) is 33.7. The van der Waals surface area contributed by atoms with Crippen molar-refractivity contribution in [3.8, 4) is 0 Å². The monoisotopic (exact) mass is 180 g/mol. The summed E-state index contributed by atoms with van der Waals surface area (Å²) in [5.74, 6) is 2.04. The minimum atomic E-state index is 0. The molecule has 0 radical (unpaired) electrons. The molecule has 2 unspecified atom stereocenters. The Hall–Kier alpha value is -0.260. The molecule has 0 N–H and O–H groups in total. The molecule has 76 valence electrons. The van der Waals surface area contributed by atoms with E-state index in [-0.39, 0.29) is 7.43 Å². The molecule has 0 amide bonds. The molecule has 2 rings (SSSR count). The lowest BCUT2D eigenvalue weighted by Crippen LogP contribution is -2.24. The van der Waals surface area contributed by atoms with Crippen molar-refractivity contribution in [2.45, 2.75) is 59.8 Å². The van der Waals surface area contributed by atoms with Crippen molar-refractivity contribution in [3.63, 3.8) is 0 Å². The fourth-order valence-electron chi connectivity index (χ4n) is 3.04. The Bertz CT molecular complexity index is 200. The minimum Gasteiger partial charge on any atom is -0.0776 e. The van der Waals surface area contributed by atoms with Crippen LogP contribution in [0.1, 0.15) is 59.8 Å². The zero-order chi connectivity index (χ0) is 8.55. The molecule has 0 aliphatic heterocycles. The van der Waals surface area contributed by atoms with Gasteiger partial charge < -0.3 is 0 Å². The Morgan fingerprint density at radius 3 is 2.46 bits per heavy atom. The molecule has 2 aliphatic carbocycles. The van der Waals surface area contributed by atoms with E-state index >= 15 is 0 Å². The molecule has 0 aromatic carbocycles. The van der Waals surface area contributed by atoms with Gasteiger partial charge in [0.05, 0.1) is 0 Å². The minimum absolute atomic E-state index is 0. The van der Waals surface area contributed by atoms with Gasteiger partial charge in [0.1, 0.15) is 0 Å². The molecule has 0 spiro atoms. The second-order valence-electron chi connectivity index (χ2n) is 4.65. The summed E-state index contributed by atoms with van der Waals surface area (Å²) in [6.45, 7) is 4.71. The van der Waals surface area contributed by atoms with E-state index in [2.05, 4.69) is 13.8 Å². The van der Waals surface area contributed by atoms with Gasteiger partial charge in [0.2, 0.25) is 0 Å². The van der Waals surface area contributed by atoms with Crippen LogP contribution >= 0.6 is 0 Å². The van der Waals surface area contributed by atoms with Gasteiger partial charge in [-0.1, -0.05) is 31.4 Å². The van der Waals surface area contributed by atoms with E-state index in [1.54, 1.807) is 11.1 Å². The summed E-state index contributed by atoms with van der Waals surface area (Å²) >= 11 is 0. The lowest BCUT2D eigenvalue weighted by Gasteiger charge is -2.37. The zero-order valence-corrected chi connectivity index (χ0v) is 8.40. The Morgan fingerprint density at radius 2 is 1.69 bits per heavy atom. The summed E-state index contributed by atoms with van der Waals surface area (Å²) in [7, 11) is 0. The summed E-state index contributed by atoms with van der Waals surface area (Å²) < 4.78 is 0. The third kappa shape index (κ3) is 1.98. The molecule has 0 nitrogen and oxygen atoms in total. The van der Waals surface area contributed by atoms with Gasteiger partial charge >= 0.3 is 0 Å². The van der Waals surface area contributed by atoms with Crippen LogP contribution in [0.3, 0.4) is 0 Å². The van der Waals surface area contributed by atoms with E-state index in [0.29, 0.717) is 0 Å². The van der Waals surface area contributed by atoms with Crippen molar-refractivity contribution in [2.24, 2.45) is 11.8 Å². The predicted octanol–water partition coefficient (Wildman–Crippen LogP) is 4.56. The first-order valence-corrected chi connectivity index (χ1v) is 5.45. The molecular formula is C13H24. The van der Waals surface area contributed by atoms with E-state index in [0.717, 1.165) is 11.8 Å². The average Bonchev–Trinajstić information content (AvgIpc) is 2.12. The summed E-state index contributed by atoms with van der Waals surface area (Å²) in [4.78, 5) is 0. The number of fused-ring (bicyclic) bond motifs is 1. The highest BCUT2D eigenvalue weighted by molar-refractivity contribution is 5.18. The predicted molar refractivity (Wildman–Crippen MR) is 59.8 cm³/mol. The van der Waals surface area contributed by atoms with Crippen LogP contribution < -0.4 is 0 Å². The van der Waals surface area contributed by atoms with Crippen LogP contribution in [-0.2, 0) is 0 Å². The molecule has 0 bridgehead atoms. The van der Waals surface area contributed by atoms with Gasteiger partial charge in [-0.05, 0) is 51.4 Å². The van der Waals surface area contributed by atoms with Gasteiger partial charge in [-0.3, -0.25) is 0 Å². The van der Waals surface area contributed by atoms with Crippen molar-refractivity contribution >= 4 is 0 Å². The van der Waals surface area contributed by atoms with Crippen LogP contribution in [0.4, 0.5) is 0 Å². The molecule has 0 heterocycles. The van der Waals surface area contributed by atoms with E-state index in [4.69, 9.17) is 0 Å². The van der Waals surface area contributed by atoms with E-state index in [1.165, 1.54) is 38.5 Å². The van der Waals surface area contributed by atoms with Gasteiger partial charge in [0.15, 0.2) is 0 Å². The molecule has 1 saturated carbocycles. The van der Waals surface area contributed by atoms with Gasteiger partial charge in [0, 0.05) is 0 Å². The standard InChI is InChI=1S/C12H20.CH4/c1-9-7-8-11-5-3-4-6-12(11)10(9)2;/h11-12H,3-8H2,1-2H3;1H4. The molecule has 0 aromatic heterocycles. The maximum absolute atomic E-state index is 2.37. The molecule has 1 fully saturated rings. The van der Waals surface area contributed by atoms with Gasteiger partial charge in [-0.25, -0.2) is 0 Å². The average molecular weight is 180 g/mol. The highest BCUT2D eigenvalue weighted by Crippen LogP contribution is 2.42. The third-order valence-corrected chi connectivity index (χ3v) is 4.03. The van der Waals surface area contributed by atoms with Crippen LogP contribution in [0.25, 0.3) is 0 Å². The summed E-state index contributed by atoms with van der Waals surface area (Å²) in [6.07, 6.45) is 8.82. The Morgan fingerprint density at radius 1 is 1.00 bits per heavy atom. The maximum Gasteiger partial charge on any atom is -0.0175 e. The topological polar surface area (TPSA) is 0 Å². The van der Waals surface area contributed by atoms with Crippen LogP contribution in [-0.4, -0.2) is 0 Å². The first-order chi connectivity index (χ1) is 5.79. The second-order valence-corrected chi connectivity index (χ2v) is 4.65. The molecule has 0 aromatic rings. The number of hydrogen-bond donors (Lipinski definition) is 0. The SMILES string of the molecule is C.CC1=C(C)C2CCCCC2CC1. The van der Waals surface area contributed by atoms with Crippen LogP contribution in [0.15, 0.2) is 11.1 Å². The van der Waals surface area contributed by atoms with E-state index in [1.807, 2.05) is 0 Å².